The number of allylic oxidation sites excluding steroid dienone is 2. The lowest BCUT2D eigenvalue weighted by Crippen LogP contribution is -2.30. The topological polar surface area (TPSA) is 78.9 Å². The molecule has 0 N–H and O–H groups in total. The second kappa shape index (κ2) is 50.8. The number of hydrogen-bond donors (Lipinski definition) is 0. The van der Waals surface area contributed by atoms with Gasteiger partial charge in [-0.15, -0.1) is 0 Å². The van der Waals surface area contributed by atoms with Crippen LogP contribution < -0.4 is 0 Å². The average molecular weight is 861 g/mol. The van der Waals surface area contributed by atoms with Gasteiger partial charge in [0, 0.05) is 19.3 Å². The van der Waals surface area contributed by atoms with E-state index in [0.717, 1.165) is 57.8 Å². The van der Waals surface area contributed by atoms with Crippen molar-refractivity contribution in [2.24, 2.45) is 0 Å². The zero-order valence-corrected chi connectivity index (χ0v) is 41.2. The van der Waals surface area contributed by atoms with Crippen molar-refractivity contribution in [1.82, 2.24) is 0 Å². The van der Waals surface area contributed by atoms with Crippen LogP contribution in [-0.4, -0.2) is 37.2 Å². The van der Waals surface area contributed by atoms with Crippen molar-refractivity contribution in [3.8, 4) is 0 Å². The van der Waals surface area contributed by atoms with Gasteiger partial charge in [0.05, 0.1) is 0 Å². The Morgan fingerprint density at radius 2 is 0.541 bits per heavy atom. The molecule has 0 aliphatic carbocycles. The van der Waals surface area contributed by atoms with Gasteiger partial charge in [0.1, 0.15) is 13.2 Å². The Labute approximate surface area is 380 Å². The highest BCUT2D eigenvalue weighted by Crippen LogP contribution is 2.17. The maximum atomic E-state index is 12.8. The summed E-state index contributed by atoms with van der Waals surface area (Å²) in [6, 6.07) is 0. The molecule has 6 heteroatoms. The van der Waals surface area contributed by atoms with Crippen LogP contribution in [0.25, 0.3) is 0 Å². The number of rotatable bonds is 50. The highest BCUT2D eigenvalue weighted by molar-refractivity contribution is 5.71. The van der Waals surface area contributed by atoms with Gasteiger partial charge >= 0.3 is 17.9 Å². The number of esters is 3. The van der Waals surface area contributed by atoms with E-state index < -0.39 is 6.10 Å². The Morgan fingerprint density at radius 1 is 0.311 bits per heavy atom. The molecule has 0 aliphatic heterocycles. The van der Waals surface area contributed by atoms with E-state index in [-0.39, 0.29) is 31.1 Å². The van der Waals surface area contributed by atoms with Crippen LogP contribution >= 0.6 is 0 Å². The SMILES string of the molecule is CCCCCCCC/C=C\CCCCCCCCCC(=O)OC(COC(=O)CCCCCCCC)COC(=O)CCCCCCCCCCCCCCCCCCCCCC. The summed E-state index contributed by atoms with van der Waals surface area (Å²) in [5, 5.41) is 0. The lowest BCUT2D eigenvalue weighted by molar-refractivity contribution is -0.167. The molecular formula is C55H104O6. The van der Waals surface area contributed by atoms with Crippen molar-refractivity contribution >= 4 is 17.9 Å². The third-order valence-corrected chi connectivity index (χ3v) is 12.3. The monoisotopic (exact) mass is 861 g/mol. The molecule has 0 heterocycles. The Morgan fingerprint density at radius 3 is 0.820 bits per heavy atom. The van der Waals surface area contributed by atoms with E-state index in [1.165, 1.54) is 205 Å². The second-order valence-corrected chi connectivity index (χ2v) is 18.5. The van der Waals surface area contributed by atoms with E-state index in [1.807, 2.05) is 0 Å². The predicted molar refractivity (Wildman–Crippen MR) is 261 cm³/mol. The van der Waals surface area contributed by atoms with Gasteiger partial charge in [0.15, 0.2) is 6.10 Å². The van der Waals surface area contributed by atoms with Crippen LogP contribution in [-0.2, 0) is 28.6 Å². The Bertz CT molecular complexity index is 947. The van der Waals surface area contributed by atoms with Crippen molar-refractivity contribution in [1.29, 1.82) is 0 Å². The first-order chi connectivity index (χ1) is 30.0. The molecule has 1 atom stereocenters. The molecule has 0 aromatic rings. The molecular weight excluding hydrogens is 757 g/mol. The van der Waals surface area contributed by atoms with E-state index in [0.29, 0.717) is 19.3 Å². The van der Waals surface area contributed by atoms with Crippen molar-refractivity contribution in [2.75, 3.05) is 13.2 Å². The standard InChI is InChI=1S/C55H104O6/c1-4-7-10-13-16-18-20-22-24-26-27-28-30-31-33-35-37-39-42-45-48-54(57)60-51-52(50-59-53(56)47-44-41-15-12-9-6-3)61-55(58)49-46-43-40-38-36-34-32-29-25-23-21-19-17-14-11-8-5-2/h23,25,52H,4-22,24,26-51H2,1-3H3/b25-23-. The highest BCUT2D eigenvalue weighted by Gasteiger charge is 2.19. The highest BCUT2D eigenvalue weighted by atomic mass is 16.6. The summed E-state index contributed by atoms with van der Waals surface area (Å²) >= 11 is 0. The van der Waals surface area contributed by atoms with Gasteiger partial charge in [-0.3, -0.25) is 14.4 Å². The van der Waals surface area contributed by atoms with E-state index in [4.69, 9.17) is 14.2 Å². The summed E-state index contributed by atoms with van der Waals surface area (Å²) in [5.41, 5.74) is 0. The molecule has 0 rings (SSSR count). The van der Waals surface area contributed by atoms with E-state index >= 15 is 0 Å². The third-order valence-electron chi connectivity index (χ3n) is 12.3. The molecule has 0 radical (unpaired) electrons. The van der Waals surface area contributed by atoms with Gasteiger partial charge in [-0.05, 0) is 44.9 Å². The molecule has 61 heavy (non-hydrogen) atoms. The molecule has 0 fully saturated rings. The van der Waals surface area contributed by atoms with E-state index in [2.05, 4.69) is 32.9 Å². The first kappa shape index (κ1) is 59.1. The fourth-order valence-corrected chi connectivity index (χ4v) is 8.14. The van der Waals surface area contributed by atoms with Crippen LogP contribution in [0.3, 0.4) is 0 Å². The first-order valence-electron chi connectivity index (χ1n) is 27.2. The predicted octanol–water partition coefficient (Wildman–Crippen LogP) is 17.8. The summed E-state index contributed by atoms with van der Waals surface area (Å²) < 4.78 is 16.7. The molecule has 360 valence electrons. The van der Waals surface area contributed by atoms with Crippen molar-refractivity contribution in [2.45, 2.75) is 309 Å². The number of carbonyl (C=O) groups is 3. The van der Waals surface area contributed by atoms with Crippen LogP contribution in [0.4, 0.5) is 0 Å². The van der Waals surface area contributed by atoms with Gasteiger partial charge in [-0.2, -0.15) is 0 Å². The largest absolute Gasteiger partial charge is 0.462 e. The van der Waals surface area contributed by atoms with Crippen LogP contribution in [0.5, 0.6) is 0 Å². The number of ether oxygens (including phenoxy) is 3. The van der Waals surface area contributed by atoms with Crippen LogP contribution in [0.15, 0.2) is 12.2 Å². The smallest absolute Gasteiger partial charge is 0.306 e. The van der Waals surface area contributed by atoms with Gasteiger partial charge < -0.3 is 14.2 Å². The van der Waals surface area contributed by atoms with Gasteiger partial charge in [0.2, 0.25) is 0 Å². The number of hydrogen-bond acceptors (Lipinski definition) is 6. The zero-order valence-electron chi connectivity index (χ0n) is 41.2. The van der Waals surface area contributed by atoms with Crippen LogP contribution in [0, 0.1) is 0 Å². The van der Waals surface area contributed by atoms with Gasteiger partial charge in [0.25, 0.3) is 0 Å². The molecule has 0 amide bonds. The van der Waals surface area contributed by atoms with E-state index in [1.54, 1.807) is 0 Å². The summed E-state index contributed by atoms with van der Waals surface area (Å²) in [7, 11) is 0. The van der Waals surface area contributed by atoms with Crippen LogP contribution in [0.1, 0.15) is 303 Å². The minimum Gasteiger partial charge on any atom is -0.462 e. The first-order valence-corrected chi connectivity index (χ1v) is 27.2. The average Bonchev–Trinajstić information content (AvgIpc) is 3.26. The van der Waals surface area contributed by atoms with Crippen molar-refractivity contribution in [3.05, 3.63) is 12.2 Å². The summed E-state index contributed by atoms with van der Waals surface area (Å²) in [4.78, 5) is 37.8. The van der Waals surface area contributed by atoms with Crippen molar-refractivity contribution in [3.63, 3.8) is 0 Å². The molecule has 0 aliphatic rings. The number of unbranched alkanes of at least 4 members (excludes halogenated alkanes) is 37. The maximum absolute atomic E-state index is 12.8. The van der Waals surface area contributed by atoms with Gasteiger partial charge in [-0.1, -0.05) is 251 Å². The molecule has 0 saturated carbocycles. The molecule has 0 saturated heterocycles. The lowest BCUT2D eigenvalue weighted by atomic mass is 10.0. The second-order valence-electron chi connectivity index (χ2n) is 18.5. The minimum absolute atomic E-state index is 0.0672. The normalized spacial score (nSPS) is 12.0. The Kier molecular flexibility index (Phi) is 49.3. The molecule has 1 unspecified atom stereocenters. The molecule has 0 aromatic carbocycles. The Balaban J connectivity index is 4.13. The van der Waals surface area contributed by atoms with E-state index in [9.17, 15) is 14.4 Å². The summed E-state index contributed by atoms with van der Waals surface area (Å²) in [6.45, 7) is 6.62. The quantitative estimate of drug-likeness (QED) is 0.0262. The fraction of sp³-hybridized carbons (Fsp3) is 0.909. The fourth-order valence-electron chi connectivity index (χ4n) is 8.14. The summed E-state index contributed by atoms with van der Waals surface area (Å²) in [5.74, 6) is -0.864. The van der Waals surface area contributed by atoms with Gasteiger partial charge in [-0.25, -0.2) is 0 Å². The molecule has 0 bridgehead atoms. The minimum atomic E-state index is -0.764. The molecule has 0 aromatic heterocycles. The zero-order chi connectivity index (χ0) is 44.4. The summed E-state index contributed by atoms with van der Waals surface area (Å²) in [6.07, 6.45) is 56.6. The Hall–Kier alpha value is -1.85. The number of carbonyl (C=O) groups excluding carboxylic acids is 3. The van der Waals surface area contributed by atoms with Crippen LogP contribution in [0.2, 0.25) is 0 Å². The third kappa shape index (κ3) is 49.0. The maximum Gasteiger partial charge on any atom is 0.306 e. The molecule has 0 spiro atoms. The van der Waals surface area contributed by atoms with Crippen molar-refractivity contribution < 1.29 is 28.6 Å². The lowest BCUT2D eigenvalue weighted by Gasteiger charge is -2.18. The molecule has 6 nitrogen and oxygen atoms in total.